The topological polar surface area (TPSA) is 82.0 Å². The van der Waals surface area contributed by atoms with E-state index in [0.717, 1.165) is 77.3 Å². The lowest BCUT2D eigenvalue weighted by Gasteiger charge is -2.39. The Bertz CT molecular complexity index is 1610. The summed E-state index contributed by atoms with van der Waals surface area (Å²) >= 11 is 0. The minimum atomic E-state index is -0.325. The second-order valence-corrected chi connectivity index (χ2v) is 10.5. The highest BCUT2D eigenvalue weighted by Crippen LogP contribution is 2.50. The molecule has 7 heteroatoms. The minimum Gasteiger partial charge on any atom is -0.350 e. The number of hydrogen-bond acceptors (Lipinski definition) is 3. The van der Waals surface area contributed by atoms with Gasteiger partial charge in [0.1, 0.15) is 0 Å². The third kappa shape index (κ3) is 3.01. The van der Waals surface area contributed by atoms with Crippen LogP contribution >= 0.6 is 12.4 Å². The molecule has 3 aliphatic rings. The number of fused-ring (bicyclic) bond motifs is 4. The van der Waals surface area contributed by atoms with Crippen LogP contribution in [0, 0.1) is 5.41 Å². The fourth-order valence-corrected chi connectivity index (χ4v) is 7.02. The molecule has 4 aromatic rings. The summed E-state index contributed by atoms with van der Waals surface area (Å²) in [7, 11) is 1.97. The Morgan fingerprint density at radius 1 is 0.944 bits per heavy atom. The van der Waals surface area contributed by atoms with Crippen LogP contribution in [0.2, 0.25) is 0 Å². The van der Waals surface area contributed by atoms with E-state index in [1.54, 1.807) is 0 Å². The number of benzene rings is 2. The number of halogens is 1. The zero-order valence-corrected chi connectivity index (χ0v) is 21.0. The van der Waals surface area contributed by atoms with E-state index in [1.165, 1.54) is 0 Å². The SMILES string of the molecule is Cl.Cn1cc(C2=C(c3c4n(c5ccccc35)CCC3(CCCC3N)C4)C(=O)NC2=O)c2ccccc21. The van der Waals surface area contributed by atoms with Crippen LogP contribution in [0.1, 0.15) is 42.5 Å². The maximum absolute atomic E-state index is 13.5. The van der Waals surface area contributed by atoms with Gasteiger partial charge in [-0.15, -0.1) is 12.4 Å². The van der Waals surface area contributed by atoms with Crippen LogP contribution in [0.15, 0.2) is 54.7 Å². The standard InChI is InChI=1S/C29H28N4O2.ClH/c1-32-16-19(17-7-2-4-9-20(17)32)25-26(28(35)31-27(25)34)24-18-8-3-5-10-21(18)33-14-13-29(15-22(24)33)12-6-11-23(29)30;/h2-5,7-10,16,23H,6,11-15,30H2,1H3,(H,31,34,35);1H. The van der Waals surface area contributed by atoms with Gasteiger partial charge in [-0.3, -0.25) is 14.9 Å². The molecule has 0 saturated heterocycles. The molecule has 2 unspecified atom stereocenters. The number of aryl methyl sites for hydroxylation is 2. The molecular formula is C29H29ClN4O2. The van der Waals surface area contributed by atoms with Crippen molar-refractivity contribution in [2.45, 2.75) is 44.7 Å². The van der Waals surface area contributed by atoms with Gasteiger partial charge in [-0.1, -0.05) is 42.8 Å². The molecule has 184 valence electrons. The molecule has 2 aliphatic heterocycles. The molecule has 1 spiro atoms. The molecule has 0 bridgehead atoms. The minimum absolute atomic E-state index is 0. The first-order valence-corrected chi connectivity index (χ1v) is 12.5. The van der Waals surface area contributed by atoms with E-state index in [-0.39, 0.29) is 35.7 Å². The van der Waals surface area contributed by atoms with Crippen molar-refractivity contribution in [3.05, 3.63) is 71.5 Å². The first kappa shape index (κ1) is 23.1. The third-order valence-corrected chi connectivity index (χ3v) is 8.76. The van der Waals surface area contributed by atoms with Gasteiger partial charge in [0, 0.05) is 64.5 Å². The molecule has 3 N–H and O–H groups in total. The van der Waals surface area contributed by atoms with Gasteiger partial charge >= 0.3 is 0 Å². The molecule has 1 aliphatic carbocycles. The first-order valence-electron chi connectivity index (χ1n) is 12.5. The molecule has 2 aromatic carbocycles. The number of amides is 2. The Labute approximate surface area is 215 Å². The summed E-state index contributed by atoms with van der Waals surface area (Å²) in [4.78, 5) is 26.8. The number of rotatable bonds is 2. The highest BCUT2D eigenvalue weighted by Gasteiger charge is 2.46. The summed E-state index contributed by atoms with van der Waals surface area (Å²) in [5.41, 5.74) is 12.7. The first-order chi connectivity index (χ1) is 17.0. The van der Waals surface area contributed by atoms with E-state index in [4.69, 9.17) is 5.73 Å². The Kier molecular flexibility index (Phi) is 5.18. The normalized spacial score (nSPS) is 23.6. The molecule has 2 atom stereocenters. The van der Waals surface area contributed by atoms with E-state index >= 15 is 0 Å². The number of nitrogens with two attached hydrogens (primary N) is 1. The fourth-order valence-electron chi connectivity index (χ4n) is 7.02. The molecule has 1 fully saturated rings. The largest absolute Gasteiger partial charge is 0.350 e. The predicted octanol–water partition coefficient (Wildman–Crippen LogP) is 4.57. The molecule has 6 nitrogen and oxygen atoms in total. The van der Waals surface area contributed by atoms with Gasteiger partial charge < -0.3 is 14.9 Å². The maximum Gasteiger partial charge on any atom is 0.259 e. The zero-order chi connectivity index (χ0) is 23.9. The van der Waals surface area contributed by atoms with Crippen molar-refractivity contribution in [3.63, 3.8) is 0 Å². The van der Waals surface area contributed by atoms with Crippen LogP contribution in [0.4, 0.5) is 0 Å². The van der Waals surface area contributed by atoms with Gasteiger partial charge in [-0.25, -0.2) is 0 Å². The van der Waals surface area contributed by atoms with Crippen molar-refractivity contribution in [3.8, 4) is 0 Å². The second kappa shape index (κ2) is 8.08. The maximum atomic E-state index is 13.5. The number of hydrogen-bond donors (Lipinski definition) is 2. The molecule has 1 saturated carbocycles. The predicted molar refractivity (Wildman–Crippen MR) is 145 cm³/mol. The number of carbonyl (C=O) groups excluding carboxylic acids is 2. The quantitative estimate of drug-likeness (QED) is 0.396. The lowest BCUT2D eigenvalue weighted by atomic mass is 9.73. The number of aromatic nitrogens is 2. The number of para-hydroxylation sites is 2. The number of nitrogens with zero attached hydrogens (tertiary/aromatic N) is 2. The molecule has 7 rings (SSSR count). The van der Waals surface area contributed by atoms with Crippen LogP contribution < -0.4 is 11.1 Å². The lowest BCUT2D eigenvalue weighted by molar-refractivity contribution is -0.122. The summed E-state index contributed by atoms with van der Waals surface area (Å²) in [6, 6.07) is 16.5. The summed E-state index contributed by atoms with van der Waals surface area (Å²) in [5, 5.41) is 4.63. The number of nitrogens with one attached hydrogen (secondary N) is 1. The molecule has 2 amide bonds. The molecule has 0 radical (unpaired) electrons. The van der Waals surface area contributed by atoms with Gasteiger partial charge in [-0.05, 0) is 43.2 Å². The summed E-state index contributed by atoms with van der Waals surface area (Å²) in [6.45, 7) is 0.885. The van der Waals surface area contributed by atoms with Crippen molar-refractivity contribution in [2.75, 3.05) is 0 Å². The summed E-state index contributed by atoms with van der Waals surface area (Å²) in [5.74, 6) is -0.638. The Morgan fingerprint density at radius 3 is 2.39 bits per heavy atom. The highest BCUT2D eigenvalue weighted by atomic mass is 35.5. The van der Waals surface area contributed by atoms with Crippen LogP contribution in [0.3, 0.4) is 0 Å². The van der Waals surface area contributed by atoms with Crippen LogP contribution in [-0.4, -0.2) is 27.0 Å². The summed E-state index contributed by atoms with van der Waals surface area (Å²) in [6.07, 6.45) is 7.19. The average molecular weight is 501 g/mol. The van der Waals surface area contributed by atoms with Gasteiger partial charge in [0.25, 0.3) is 11.8 Å². The molecule has 36 heavy (non-hydrogen) atoms. The van der Waals surface area contributed by atoms with Gasteiger partial charge in [-0.2, -0.15) is 0 Å². The van der Waals surface area contributed by atoms with Crippen molar-refractivity contribution < 1.29 is 9.59 Å². The highest BCUT2D eigenvalue weighted by molar-refractivity contribution is 6.51. The van der Waals surface area contributed by atoms with E-state index in [9.17, 15) is 9.59 Å². The fraction of sp³-hybridized carbons (Fsp3) is 0.310. The second-order valence-electron chi connectivity index (χ2n) is 10.5. The number of carbonyl (C=O) groups is 2. The molecule has 2 aromatic heterocycles. The van der Waals surface area contributed by atoms with Crippen molar-refractivity contribution >= 4 is 57.2 Å². The van der Waals surface area contributed by atoms with Crippen molar-refractivity contribution in [1.29, 1.82) is 0 Å². The van der Waals surface area contributed by atoms with Crippen molar-refractivity contribution in [2.24, 2.45) is 18.2 Å². The zero-order valence-electron chi connectivity index (χ0n) is 20.2. The lowest BCUT2D eigenvalue weighted by Crippen LogP contribution is -2.42. The van der Waals surface area contributed by atoms with Gasteiger partial charge in [0.15, 0.2) is 0 Å². The Morgan fingerprint density at radius 2 is 1.64 bits per heavy atom. The van der Waals surface area contributed by atoms with E-state index in [0.29, 0.717) is 11.1 Å². The van der Waals surface area contributed by atoms with Crippen molar-refractivity contribution in [1.82, 2.24) is 14.5 Å². The number of imide groups is 1. The van der Waals surface area contributed by atoms with E-state index < -0.39 is 0 Å². The van der Waals surface area contributed by atoms with Crippen LogP contribution in [-0.2, 0) is 29.6 Å². The smallest absolute Gasteiger partial charge is 0.259 e. The van der Waals surface area contributed by atoms with E-state index in [2.05, 4.69) is 22.0 Å². The summed E-state index contributed by atoms with van der Waals surface area (Å²) < 4.78 is 4.38. The Balaban J connectivity index is 0.00000240. The molecular weight excluding hydrogens is 472 g/mol. The van der Waals surface area contributed by atoms with E-state index in [1.807, 2.05) is 54.2 Å². The van der Waals surface area contributed by atoms with Crippen LogP contribution in [0.25, 0.3) is 33.0 Å². The Hall–Kier alpha value is -3.35. The molecule has 4 heterocycles. The average Bonchev–Trinajstić information content (AvgIpc) is 3.56. The van der Waals surface area contributed by atoms with Crippen LogP contribution in [0.5, 0.6) is 0 Å². The monoisotopic (exact) mass is 500 g/mol. The van der Waals surface area contributed by atoms with Gasteiger partial charge in [0.2, 0.25) is 0 Å². The third-order valence-electron chi connectivity index (χ3n) is 8.76. The van der Waals surface area contributed by atoms with Gasteiger partial charge in [0.05, 0.1) is 11.1 Å².